The van der Waals surface area contributed by atoms with Gasteiger partial charge in [0.2, 0.25) is 0 Å². The largest absolute Gasteiger partial charge is 0.204 e. The maximum absolute atomic E-state index is 14.0. The number of rotatable bonds is 9. The molecule has 0 heterocycles. The highest BCUT2D eigenvalue weighted by Gasteiger charge is 2.27. The van der Waals surface area contributed by atoms with Gasteiger partial charge in [-0.05, 0) is 48.7 Å². The van der Waals surface area contributed by atoms with Crippen molar-refractivity contribution in [1.29, 1.82) is 0 Å². The van der Waals surface area contributed by atoms with Gasteiger partial charge in [-0.2, -0.15) is 0 Å². The zero-order valence-electron chi connectivity index (χ0n) is 17.4. The Hall–Kier alpha value is -1.44. The molecule has 0 spiro atoms. The molecule has 2 aliphatic rings. The van der Waals surface area contributed by atoms with Crippen molar-refractivity contribution >= 4 is 5.57 Å². The van der Waals surface area contributed by atoms with Crippen molar-refractivity contribution in [3.63, 3.8) is 0 Å². The Balaban J connectivity index is 1.40. The maximum atomic E-state index is 14.0. The first-order valence-electron chi connectivity index (χ1n) is 11.5. The Kier molecular flexibility index (Phi) is 8.30. The van der Waals surface area contributed by atoms with Crippen LogP contribution >= 0.6 is 0 Å². The van der Waals surface area contributed by atoms with Gasteiger partial charge in [-0.25, -0.2) is 8.78 Å². The fraction of sp³-hybridized carbons (Fsp3) is 0.615. The zero-order chi connectivity index (χ0) is 19.8. The second-order valence-electron chi connectivity index (χ2n) is 8.86. The minimum Gasteiger partial charge on any atom is -0.204 e. The number of unbranched alkanes of at least 4 members (excludes halogenated alkanes) is 5. The first-order valence-corrected chi connectivity index (χ1v) is 11.5. The lowest BCUT2D eigenvalue weighted by atomic mass is 9.72. The summed E-state index contributed by atoms with van der Waals surface area (Å²) in [7, 11) is 0. The van der Waals surface area contributed by atoms with Gasteiger partial charge in [0.05, 0.1) is 0 Å². The molecule has 1 fully saturated rings. The molecule has 0 saturated heterocycles. The van der Waals surface area contributed by atoms with Gasteiger partial charge in [0, 0.05) is 5.56 Å². The van der Waals surface area contributed by atoms with E-state index in [9.17, 15) is 8.78 Å². The van der Waals surface area contributed by atoms with E-state index in [1.54, 1.807) is 12.1 Å². The average Bonchev–Trinajstić information content (AvgIpc) is 2.73. The molecular weight excluding hydrogens is 350 g/mol. The van der Waals surface area contributed by atoms with Crippen LogP contribution in [0.3, 0.4) is 0 Å². The number of hydrogen-bond acceptors (Lipinski definition) is 0. The second kappa shape index (κ2) is 10.9. The highest BCUT2D eigenvalue weighted by Crippen LogP contribution is 2.40. The summed E-state index contributed by atoms with van der Waals surface area (Å²) >= 11 is 0. The molecule has 0 aromatic heterocycles. The van der Waals surface area contributed by atoms with Crippen molar-refractivity contribution in [1.82, 2.24) is 0 Å². The quantitative estimate of drug-likeness (QED) is 0.373. The molecule has 1 aromatic rings. The summed E-state index contributed by atoms with van der Waals surface area (Å²) in [6.07, 6.45) is 22.5. The minimum atomic E-state index is -0.766. The first kappa shape index (κ1) is 21.3. The smallest absolute Gasteiger partial charge is 0.166 e. The van der Waals surface area contributed by atoms with E-state index in [0.717, 1.165) is 23.8 Å². The molecule has 0 aliphatic heterocycles. The average molecular weight is 387 g/mol. The fourth-order valence-corrected chi connectivity index (χ4v) is 5.03. The predicted molar refractivity (Wildman–Crippen MR) is 115 cm³/mol. The molecule has 3 rings (SSSR count). The third-order valence-electron chi connectivity index (χ3n) is 6.86. The highest BCUT2D eigenvalue weighted by atomic mass is 19.2. The number of allylic oxidation sites excluding steroid dienone is 4. The summed E-state index contributed by atoms with van der Waals surface area (Å²) in [5, 5.41) is 0. The molecule has 0 nitrogen and oxygen atoms in total. The van der Waals surface area contributed by atoms with E-state index in [0.29, 0.717) is 11.5 Å². The van der Waals surface area contributed by atoms with Crippen LogP contribution in [0.15, 0.2) is 36.4 Å². The monoisotopic (exact) mass is 386 g/mol. The lowest BCUT2D eigenvalue weighted by Crippen LogP contribution is -2.21. The van der Waals surface area contributed by atoms with E-state index < -0.39 is 11.6 Å². The molecule has 0 bridgehead atoms. The van der Waals surface area contributed by atoms with Crippen LogP contribution in [0.4, 0.5) is 8.78 Å². The standard InChI is InChI=1S/C26H36F2/c1-2-3-4-5-6-7-9-20-12-14-21(15-13-20)22-16-18-23(19-17-22)24-10-8-11-25(27)26(24)28/h8,10-11,16,18-22H,2-7,9,12-15,17H2,1H3/t20-,21-,22?. The number of benzene rings is 1. The van der Waals surface area contributed by atoms with Crippen LogP contribution in [-0.2, 0) is 0 Å². The number of hydrogen-bond donors (Lipinski definition) is 0. The van der Waals surface area contributed by atoms with Gasteiger partial charge in [-0.3, -0.25) is 0 Å². The maximum Gasteiger partial charge on any atom is 0.166 e. The van der Waals surface area contributed by atoms with Crippen LogP contribution in [0.1, 0.15) is 89.5 Å². The summed E-state index contributed by atoms with van der Waals surface area (Å²) in [4.78, 5) is 0. The molecule has 1 saturated carbocycles. The van der Waals surface area contributed by atoms with Crippen LogP contribution in [0.5, 0.6) is 0 Å². The van der Waals surface area contributed by atoms with E-state index in [1.165, 1.54) is 76.7 Å². The van der Waals surface area contributed by atoms with E-state index in [2.05, 4.69) is 19.1 Å². The SMILES string of the molecule is CCCCCCCC[C@H]1CC[C@H](C2C=CC(c3cccc(F)c3F)=CC2)CC1. The second-order valence-corrected chi connectivity index (χ2v) is 8.86. The van der Waals surface area contributed by atoms with E-state index in [1.807, 2.05) is 6.08 Å². The normalized spacial score (nSPS) is 25.0. The molecule has 0 N–H and O–H groups in total. The zero-order valence-corrected chi connectivity index (χ0v) is 17.4. The van der Waals surface area contributed by atoms with Gasteiger partial charge in [0.25, 0.3) is 0 Å². The number of halogens is 2. The van der Waals surface area contributed by atoms with E-state index in [4.69, 9.17) is 0 Å². The van der Waals surface area contributed by atoms with E-state index >= 15 is 0 Å². The van der Waals surface area contributed by atoms with Crippen molar-refractivity contribution < 1.29 is 8.78 Å². The third kappa shape index (κ3) is 5.78. The van der Waals surface area contributed by atoms with Crippen molar-refractivity contribution in [3.05, 3.63) is 53.6 Å². The summed E-state index contributed by atoms with van der Waals surface area (Å²) in [6, 6.07) is 4.43. The summed E-state index contributed by atoms with van der Waals surface area (Å²) in [5.41, 5.74) is 1.21. The molecular formula is C26H36F2. The van der Waals surface area contributed by atoms with Gasteiger partial charge in [-0.15, -0.1) is 0 Å². The van der Waals surface area contributed by atoms with Gasteiger partial charge in [0.1, 0.15) is 0 Å². The van der Waals surface area contributed by atoms with E-state index in [-0.39, 0.29) is 0 Å². The third-order valence-corrected chi connectivity index (χ3v) is 6.86. The summed E-state index contributed by atoms with van der Waals surface area (Å²) in [6.45, 7) is 2.27. The van der Waals surface area contributed by atoms with Crippen molar-refractivity contribution in [3.8, 4) is 0 Å². The lowest BCUT2D eigenvalue weighted by molar-refractivity contribution is 0.218. The summed E-state index contributed by atoms with van der Waals surface area (Å²) in [5.74, 6) is 0.759. The van der Waals surface area contributed by atoms with Gasteiger partial charge >= 0.3 is 0 Å². The van der Waals surface area contributed by atoms with Crippen LogP contribution in [0, 0.1) is 29.4 Å². The lowest BCUT2D eigenvalue weighted by Gasteiger charge is -2.33. The Bertz CT molecular complexity index is 665. The Labute approximate surface area is 170 Å². The predicted octanol–water partition coefficient (Wildman–Crippen LogP) is 8.48. The molecule has 0 amide bonds. The van der Waals surface area contributed by atoms with Crippen molar-refractivity contribution in [2.24, 2.45) is 17.8 Å². The molecule has 2 heteroatoms. The van der Waals surface area contributed by atoms with Crippen LogP contribution < -0.4 is 0 Å². The minimum absolute atomic E-state index is 0.386. The Morgan fingerprint density at radius 1 is 0.929 bits per heavy atom. The highest BCUT2D eigenvalue weighted by molar-refractivity contribution is 5.75. The molecule has 2 aliphatic carbocycles. The van der Waals surface area contributed by atoms with Gasteiger partial charge in [-0.1, -0.05) is 95.1 Å². The van der Waals surface area contributed by atoms with Crippen molar-refractivity contribution in [2.45, 2.75) is 84.0 Å². The topological polar surface area (TPSA) is 0 Å². The van der Waals surface area contributed by atoms with Crippen molar-refractivity contribution in [2.75, 3.05) is 0 Å². The van der Waals surface area contributed by atoms with Crippen LogP contribution in [-0.4, -0.2) is 0 Å². The summed E-state index contributed by atoms with van der Waals surface area (Å²) < 4.78 is 27.5. The first-order chi connectivity index (χ1) is 13.7. The molecule has 154 valence electrons. The van der Waals surface area contributed by atoms with Gasteiger partial charge < -0.3 is 0 Å². The molecule has 0 radical (unpaired) electrons. The van der Waals surface area contributed by atoms with Crippen LogP contribution in [0.25, 0.3) is 5.57 Å². The molecule has 28 heavy (non-hydrogen) atoms. The fourth-order valence-electron chi connectivity index (χ4n) is 5.03. The van der Waals surface area contributed by atoms with Gasteiger partial charge in [0.15, 0.2) is 11.6 Å². The van der Waals surface area contributed by atoms with Crippen LogP contribution in [0.2, 0.25) is 0 Å². The molecule has 1 aromatic carbocycles. The Morgan fingerprint density at radius 2 is 1.68 bits per heavy atom. The Morgan fingerprint density at radius 3 is 2.39 bits per heavy atom. The molecule has 1 unspecified atom stereocenters. The molecule has 1 atom stereocenters.